The molecule has 88 valence electrons. The van der Waals surface area contributed by atoms with Crippen molar-refractivity contribution in [3.05, 3.63) is 70.8 Å². The molecule has 1 heteroatoms. The molecule has 0 aromatic heterocycles. The first kappa shape index (κ1) is 11.9. The van der Waals surface area contributed by atoms with Crippen LogP contribution in [0.5, 0.6) is 0 Å². The predicted octanol–water partition coefficient (Wildman–Crippen LogP) is 3.55. The number of aryl methyl sites for hydroxylation is 2. The van der Waals surface area contributed by atoms with E-state index >= 15 is 0 Å². The highest BCUT2D eigenvalue weighted by Gasteiger charge is 2.07. The number of hydrogen-bond acceptors (Lipinski definition) is 1. The highest BCUT2D eigenvalue weighted by Crippen LogP contribution is 2.18. The minimum atomic E-state index is 0.0796. The van der Waals surface area contributed by atoms with Crippen molar-refractivity contribution >= 4 is 0 Å². The van der Waals surface area contributed by atoms with Gasteiger partial charge in [0, 0.05) is 6.04 Å². The Kier molecular flexibility index (Phi) is 3.60. The molecule has 0 heterocycles. The Morgan fingerprint density at radius 1 is 0.941 bits per heavy atom. The number of rotatable bonds is 3. The van der Waals surface area contributed by atoms with Crippen LogP contribution in [0.3, 0.4) is 0 Å². The summed E-state index contributed by atoms with van der Waals surface area (Å²) < 4.78 is 0. The van der Waals surface area contributed by atoms with E-state index in [0.29, 0.717) is 0 Å². The molecule has 2 rings (SSSR count). The second kappa shape index (κ2) is 5.15. The Hall–Kier alpha value is -1.60. The fourth-order valence-electron chi connectivity index (χ4n) is 2.21. The summed E-state index contributed by atoms with van der Waals surface area (Å²) in [4.78, 5) is 0. The molecule has 1 unspecified atom stereocenters. The largest absolute Gasteiger partial charge is 0.324 e. The minimum absolute atomic E-state index is 0.0796. The molecule has 2 aromatic carbocycles. The van der Waals surface area contributed by atoms with Gasteiger partial charge in [-0.25, -0.2) is 0 Å². The second-order valence-corrected chi connectivity index (χ2v) is 4.72. The standard InChI is InChI=1S/C16H19N/c1-12-8-13(2)10-15(9-12)16(17)11-14-6-4-3-5-7-14/h3-10,16H,11,17H2,1-2H3. The number of benzene rings is 2. The first-order valence-corrected chi connectivity index (χ1v) is 6.03. The lowest BCUT2D eigenvalue weighted by Gasteiger charge is -2.14. The van der Waals surface area contributed by atoms with Crippen LogP contribution in [0.15, 0.2) is 48.5 Å². The van der Waals surface area contributed by atoms with Crippen molar-refractivity contribution in [2.24, 2.45) is 5.73 Å². The Morgan fingerprint density at radius 3 is 2.12 bits per heavy atom. The van der Waals surface area contributed by atoms with Crippen LogP contribution in [-0.4, -0.2) is 0 Å². The Labute approximate surface area is 103 Å². The first-order chi connectivity index (χ1) is 8.15. The van der Waals surface area contributed by atoms with E-state index in [-0.39, 0.29) is 6.04 Å². The Balaban J connectivity index is 2.17. The molecule has 0 radical (unpaired) electrons. The summed E-state index contributed by atoms with van der Waals surface area (Å²) in [6.07, 6.45) is 0.893. The van der Waals surface area contributed by atoms with E-state index < -0.39 is 0 Å². The summed E-state index contributed by atoms with van der Waals surface area (Å²) in [5, 5.41) is 0. The van der Waals surface area contributed by atoms with Crippen LogP contribution in [0.2, 0.25) is 0 Å². The van der Waals surface area contributed by atoms with E-state index in [9.17, 15) is 0 Å². The lowest BCUT2D eigenvalue weighted by molar-refractivity contribution is 0.720. The molecule has 1 atom stereocenters. The summed E-state index contributed by atoms with van der Waals surface area (Å²) in [7, 11) is 0. The summed E-state index contributed by atoms with van der Waals surface area (Å²) in [5.41, 5.74) is 11.3. The van der Waals surface area contributed by atoms with Gasteiger partial charge >= 0.3 is 0 Å². The molecule has 2 aromatic rings. The van der Waals surface area contributed by atoms with Crippen LogP contribution >= 0.6 is 0 Å². The highest BCUT2D eigenvalue weighted by atomic mass is 14.6. The van der Waals surface area contributed by atoms with E-state index in [1.54, 1.807) is 0 Å². The van der Waals surface area contributed by atoms with Gasteiger partial charge in [-0.3, -0.25) is 0 Å². The zero-order valence-corrected chi connectivity index (χ0v) is 10.5. The molecular weight excluding hydrogens is 206 g/mol. The van der Waals surface area contributed by atoms with Gasteiger partial charge in [0.1, 0.15) is 0 Å². The van der Waals surface area contributed by atoms with Crippen LogP contribution in [0.4, 0.5) is 0 Å². The van der Waals surface area contributed by atoms with Gasteiger partial charge in [0.15, 0.2) is 0 Å². The molecular formula is C16H19N. The summed E-state index contributed by atoms with van der Waals surface area (Å²) in [6.45, 7) is 4.23. The highest BCUT2D eigenvalue weighted by molar-refractivity contribution is 5.31. The number of nitrogens with two attached hydrogens (primary N) is 1. The zero-order chi connectivity index (χ0) is 12.3. The lowest BCUT2D eigenvalue weighted by atomic mass is 9.97. The maximum atomic E-state index is 6.26. The van der Waals surface area contributed by atoms with Crippen molar-refractivity contribution in [2.45, 2.75) is 26.3 Å². The molecule has 0 fully saturated rings. The van der Waals surface area contributed by atoms with Gasteiger partial charge in [0.25, 0.3) is 0 Å². The maximum absolute atomic E-state index is 6.26. The van der Waals surface area contributed by atoms with Crippen molar-refractivity contribution in [1.82, 2.24) is 0 Å². The van der Waals surface area contributed by atoms with Crippen molar-refractivity contribution in [3.63, 3.8) is 0 Å². The molecule has 0 saturated heterocycles. The molecule has 0 aliphatic carbocycles. The molecule has 0 amide bonds. The third kappa shape index (κ3) is 3.18. The monoisotopic (exact) mass is 225 g/mol. The topological polar surface area (TPSA) is 26.0 Å². The lowest BCUT2D eigenvalue weighted by Crippen LogP contribution is -2.13. The van der Waals surface area contributed by atoms with Crippen LogP contribution in [0.1, 0.15) is 28.3 Å². The quantitative estimate of drug-likeness (QED) is 0.849. The van der Waals surface area contributed by atoms with Crippen LogP contribution in [-0.2, 0) is 6.42 Å². The van der Waals surface area contributed by atoms with E-state index in [0.717, 1.165) is 6.42 Å². The fraction of sp³-hybridized carbons (Fsp3) is 0.250. The van der Waals surface area contributed by atoms with E-state index in [1.807, 2.05) is 6.07 Å². The molecule has 0 bridgehead atoms. The Bertz CT molecular complexity index is 468. The molecule has 1 nitrogen and oxygen atoms in total. The van der Waals surface area contributed by atoms with Gasteiger partial charge in [-0.05, 0) is 31.4 Å². The van der Waals surface area contributed by atoms with Crippen LogP contribution in [0, 0.1) is 13.8 Å². The molecule has 17 heavy (non-hydrogen) atoms. The summed E-state index contributed by atoms with van der Waals surface area (Å²) in [5.74, 6) is 0. The molecule has 0 saturated carbocycles. The van der Waals surface area contributed by atoms with E-state index in [1.165, 1.54) is 22.3 Å². The molecule has 0 aliphatic heterocycles. The summed E-state index contributed by atoms with van der Waals surface area (Å²) in [6, 6.07) is 17.0. The number of hydrogen-bond donors (Lipinski definition) is 1. The maximum Gasteiger partial charge on any atom is 0.0335 e. The minimum Gasteiger partial charge on any atom is -0.324 e. The predicted molar refractivity (Wildman–Crippen MR) is 73.0 cm³/mol. The molecule has 0 aliphatic rings. The summed E-state index contributed by atoms with van der Waals surface area (Å²) >= 11 is 0. The first-order valence-electron chi connectivity index (χ1n) is 6.03. The molecule has 0 spiro atoms. The normalized spacial score (nSPS) is 12.4. The SMILES string of the molecule is Cc1cc(C)cc(C(N)Cc2ccccc2)c1. The van der Waals surface area contributed by atoms with Gasteiger partial charge < -0.3 is 5.73 Å². The second-order valence-electron chi connectivity index (χ2n) is 4.72. The fourth-order valence-corrected chi connectivity index (χ4v) is 2.21. The van der Waals surface area contributed by atoms with Gasteiger partial charge in [0.05, 0.1) is 0 Å². The zero-order valence-electron chi connectivity index (χ0n) is 10.5. The van der Waals surface area contributed by atoms with Crippen molar-refractivity contribution < 1.29 is 0 Å². The van der Waals surface area contributed by atoms with Crippen LogP contribution in [0.25, 0.3) is 0 Å². The van der Waals surface area contributed by atoms with Gasteiger partial charge in [-0.15, -0.1) is 0 Å². The van der Waals surface area contributed by atoms with Crippen molar-refractivity contribution in [3.8, 4) is 0 Å². The average molecular weight is 225 g/mol. The van der Waals surface area contributed by atoms with Gasteiger partial charge in [-0.1, -0.05) is 59.7 Å². The van der Waals surface area contributed by atoms with Crippen LogP contribution < -0.4 is 5.73 Å². The van der Waals surface area contributed by atoms with E-state index in [2.05, 4.69) is 56.3 Å². The third-order valence-corrected chi connectivity index (χ3v) is 2.97. The Morgan fingerprint density at radius 2 is 1.53 bits per heavy atom. The van der Waals surface area contributed by atoms with Gasteiger partial charge in [-0.2, -0.15) is 0 Å². The van der Waals surface area contributed by atoms with E-state index in [4.69, 9.17) is 5.73 Å². The average Bonchev–Trinajstić information content (AvgIpc) is 2.29. The molecule has 2 N–H and O–H groups in total. The van der Waals surface area contributed by atoms with Gasteiger partial charge in [0.2, 0.25) is 0 Å². The smallest absolute Gasteiger partial charge is 0.0335 e. The van der Waals surface area contributed by atoms with Crippen molar-refractivity contribution in [1.29, 1.82) is 0 Å². The van der Waals surface area contributed by atoms with Crippen molar-refractivity contribution in [2.75, 3.05) is 0 Å². The third-order valence-electron chi connectivity index (χ3n) is 2.97.